The molecule has 0 radical (unpaired) electrons. The molecule has 4 nitrogen and oxygen atoms in total. The number of nitrogens with one attached hydrogen (secondary N) is 1. The van der Waals surface area contributed by atoms with E-state index in [1.165, 1.54) is 0 Å². The fraction of sp³-hybridized carbons (Fsp3) is 0.125. The second-order valence-electron chi connectivity index (χ2n) is 4.69. The van der Waals surface area contributed by atoms with Crippen molar-refractivity contribution in [3.8, 4) is 0 Å². The molecule has 0 fully saturated rings. The lowest BCUT2D eigenvalue weighted by molar-refractivity contribution is -0.136. The van der Waals surface area contributed by atoms with E-state index >= 15 is 0 Å². The summed E-state index contributed by atoms with van der Waals surface area (Å²) >= 11 is 0. The summed E-state index contributed by atoms with van der Waals surface area (Å²) in [6, 6.07) is 9.31. The van der Waals surface area contributed by atoms with Gasteiger partial charge in [-0.3, -0.25) is 9.59 Å². The Morgan fingerprint density at radius 2 is 1.73 bits per heavy atom. The maximum Gasteiger partial charge on any atom is 0.307 e. The highest BCUT2D eigenvalue weighted by atomic mass is 19.1. The highest BCUT2D eigenvalue weighted by molar-refractivity contribution is 5.93. The Morgan fingerprint density at radius 1 is 1.00 bits per heavy atom. The van der Waals surface area contributed by atoms with Crippen LogP contribution in [-0.2, 0) is 22.4 Å². The highest BCUT2D eigenvalue weighted by Gasteiger charge is 2.12. The number of carbonyl (C=O) groups excluding carboxylic acids is 1. The molecule has 0 aliphatic rings. The first-order valence-electron chi connectivity index (χ1n) is 6.49. The number of hydrogen-bond donors (Lipinski definition) is 2. The predicted molar refractivity (Wildman–Crippen MR) is 76.5 cm³/mol. The molecule has 0 saturated heterocycles. The van der Waals surface area contributed by atoms with Crippen LogP contribution in [0, 0.1) is 11.6 Å². The van der Waals surface area contributed by atoms with E-state index in [4.69, 9.17) is 5.11 Å². The van der Waals surface area contributed by atoms with Crippen LogP contribution in [0.3, 0.4) is 0 Å². The average molecular weight is 305 g/mol. The number of carbonyl (C=O) groups is 2. The average Bonchev–Trinajstić information content (AvgIpc) is 2.44. The maximum absolute atomic E-state index is 13.5. The molecule has 0 unspecified atom stereocenters. The van der Waals surface area contributed by atoms with Crippen LogP contribution in [0.4, 0.5) is 14.5 Å². The quantitative estimate of drug-likeness (QED) is 0.892. The molecule has 2 rings (SSSR count). The first-order chi connectivity index (χ1) is 10.5. The molecule has 6 heteroatoms. The molecular weight excluding hydrogens is 292 g/mol. The van der Waals surface area contributed by atoms with Crippen LogP contribution < -0.4 is 5.32 Å². The van der Waals surface area contributed by atoms with Crippen molar-refractivity contribution in [1.29, 1.82) is 0 Å². The Bertz CT molecular complexity index is 716. The monoisotopic (exact) mass is 305 g/mol. The number of para-hydroxylation sites is 1. The topological polar surface area (TPSA) is 66.4 Å². The number of rotatable bonds is 5. The zero-order valence-corrected chi connectivity index (χ0v) is 11.5. The Labute approximate surface area is 125 Å². The van der Waals surface area contributed by atoms with Crippen LogP contribution in [0.5, 0.6) is 0 Å². The first kappa shape index (κ1) is 15.6. The fourth-order valence-corrected chi connectivity index (χ4v) is 2.01. The Morgan fingerprint density at radius 3 is 2.45 bits per heavy atom. The number of carboxylic acids is 1. The van der Waals surface area contributed by atoms with Gasteiger partial charge in [-0.05, 0) is 29.8 Å². The Balaban J connectivity index is 2.12. The third-order valence-electron chi connectivity index (χ3n) is 2.99. The second-order valence-corrected chi connectivity index (χ2v) is 4.69. The molecule has 22 heavy (non-hydrogen) atoms. The van der Waals surface area contributed by atoms with Gasteiger partial charge in [0.25, 0.3) is 0 Å². The van der Waals surface area contributed by atoms with Crippen molar-refractivity contribution in [2.45, 2.75) is 12.8 Å². The maximum atomic E-state index is 13.5. The van der Waals surface area contributed by atoms with Gasteiger partial charge in [0.1, 0.15) is 11.6 Å². The molecule has 0 spiro atoms. The van der Waals surface area contributed by atoms with Crippen LogP contribution in [0.2, 0.25) is 0 Å². The summed E-state index contributed by atoms with van der Waals surface area (Å²) in [7, 11) is 0. The van der Waals surface area contributed by atoms with Crippen molar-refractivity contribution >= 4 is 17.6 Å². The van der Waals surface area contributed by atoms with Gasteiger partial charge in [-0.15, -0.1) is 0 Å². The second kappa shape index (κ2) is 6.80. The number of hydrogen-bond acceptors (Lipinski definition) is 2. The van der Waals surface area contributed by atoms with Crippen molar-refractivity contribution in [1.82, 2.24) is 0 Å². The summed E-state index contributed by atoms with van der Waals surface area (Å²) in [6.07, 6.45) is -0.588. The van der Waals surface area contributed by atoms with Crippen molar-refractivity contribution < 1.29 is 23.5 Å². The standard InChI is InChI=1S/C16H13F2NO3/c17-12-5-6-13(18)11(7-12)8-15(20)19-14-4-2-1-3-10(14)9-16(21)22/h1-7H,8-9H2,(H,19,20)(H,21,22). The third-order valence-corrected chi connectivity index (χ3v) is 2.99. The summed E-state index contributed by atoms with van der Waals surface area (Å²) in [5, 5.41) is 11.3. The molecule has 0 aromatic heterocycles. The Hall–Kier alpha value is -2.76. The van der Waals surface area contributed by atoms with Gasteiger partial charge in [0.05, 0.1) is 12.8 Å². The van der Waals surface area contributed by atoms with E-state index in [-0.39, 0.29) is 18.4 Å². The van der Waals surface area contributed by atoms with Gasteiger partial charge in [-0.25, -0.2) is 8.78 Å². The number of aliphatic carboxylic acids is 1. The molecule has 2 aromatic carbocycles. The summed E-state index contributed by atoms with van der Waals surface area (Å²) < 4.78 is 26.6. The van der Waals surface area contributed by atoms with Crippen LogP contribution >= 0.6 is 0 Å². The smallest absolute Gasteiger partial charge is 0.307 e. The lowest BCUT2D eigenvalue weighted by Gasteiger charge is -2.10. The number of amides is 1. The summed E-state index contributed by atoms with van der Waals surface area (Å²) in [5.74, 6) is -2.88. The highest BCUT2D eigenvalue weighted by Crippen LogP contribution is 2.17. The lowest BCUT2D eigenvalue weighted by atomic mass is 10.1. The van der Waals surface area contributed by atoms with E-state index < -0.39 is 23.5 Å². The lowest BCUT2D eigenvalue weighted by Crippen LogP contribution is -2.17. The zero-order chi connectivity index (χ0) is 16.1. The fourth-order valence-electron chi connectivity index (χ4n) is 2.01. The Kier molecular flexibility index (Phi) is 4.83. The minimum Gasteiger partial charge on any atom is -0.481 e. The van der Waals surface area contributed by atoms with E-state index in [2.05, 4.69) is 5.32 Å². The number of benzene rings is 2. The van der Waals surface area contributed by atoms with Crippen molar-refractivity contribution in [2.24, 2.45) is 0 Å². The minimum absolute atomic E-state index is 0.0618. The van der Waals surface area contributed by atoms with Gasteiger partial charge in [0.15, 0.2) is 0 Å². The van der Waals surface area contributed by atoms with E-state index in [1.54, 1.807) is 24.3 Å². The van der Waals surface area contributed by atoms with Crippen molar-refractivity contribution in [2.75, 3.05) is 5.32 Å². The largest absolute Gasteiger partial charge is 0.481 e. The molecule has 2 N–H and O–H groups in total. The molecule has 0 bridgehead atoms. The van der Waals surface area contributed by atoms with Crippen molar-refractivity contribution in [3.05, 3.63) is 65.2 Å². The molecule has 0 saturated carbocycles. The van der Waals surface area contributed by atoms with Crippen LogP contribution in [0.15, 0.2) is 42.5 Å². The van der Waals surface area contributed by atoms with Crippen LogP contribution in [0.25, 0.3) is 0 Å². The predicted octanol–water partition coefficient (Wildman–Crippen LogP) is 2.77. The number of anilines is 1. The molecule has 0 aliphatic heterocycles. The van der Waals surface area contributed by atoms with E-state index in [0.29, 0.717) is 11.3 Å². The van der Waals surface area contributed by atoms with Crippen LogP contribution in [0.1, 0.15) is 11.1 Å². The van der Waals surface area contributed by atoms with Gasteiger partial charge in [-0.2, -0.15) is 0 Å². The minimum atomic E-state index is -1.03. The molecular formula is C16H13F2NO3. The normalized spacial score (nSPS) is 10.3. The first-order valence-corrected chi connectivity index (χ1v) is 6.49. The van der Waals surface area contributed by atoms with Gasteiger partial charge >= 0.3 is 5.97 Å². The zero-order valence-electron chi connectivity index (χ0n) is 11.5. The molecule has 0 aliphatic carbocycles. The molecule has 0 heterocycles. The molecule has 1 amide bonds. The summed E-state index contributed by atoms with van der Waals surface area (Å²) in [4.78, 5) is 22.7. The summed E-state index contributed by atoms with van der Waals surface area (Å²) in [6.45, 7) is 0. The van der Waals surface area contributed by atoms with E-state index in [9.17, 15) is 18.4 Å². The summed E-state index contributed by atoms with van der Waals surface area (Å²) in [5.41, 5.74) is 0.711. The molecule has 114 valence electrons. The van der Waals surface area contributed by atoms with E-state index in [0.717, 1.165) is 18.2 Å². The molecule has 2 aromatic rings. The van der Waals surface area contributed by atoms with Gasteiger partial charge < -0.3 is 10.4 Å². The van der Waals surface area contributed by atoms with Gasteiger partial charge in [0, 0.05) is 11.3 Å². The van der Waals surface area contributed by atoms with Gasteiger partial charge in [-0.1, -0.05) is 18.2 Å². The number of halogens is 2. The van der Waals surface area contributed by atoms with Crippen molar-refractivity contribution in [3.63, 3.8) is 0 Å². The van der Waals surface area contributed by atoms with Gasteiger partial charge in [0.2, 0.25) is 5.91 Å². The van der Waals surface area contributed by atoms with E-state index in [1.807, 2.05) is 0 Å². The SMILES string of the molecule is O=C(O)Cc1ccccc1NC(=O)Cc1cc(F)ccc1F. The molecule has 0 atom stereocenters. The number of carboxylic acid groups (broad SMARTS) is 1. The third kappa shape index (κ3) is 4.12. The van der Waals surface area contributed by atoms with Crippen LogP contribution in [-0.4, -0.2) is 17.0 Å².